The van der Waals surface area contributed by atoms with Crippen LogP contribution in [0.2, 0.25) is 0 Å². The molecule has 1 atom stereocenters. The second-order valence-corrected chi connectivity index (χ2v) is 12.4. The molecule has 2 N–H and O–H groups in total. The number of hydrogen-bond donors (Lipinski definition) is 1. The third kappa shape index (κ3) is 7.19. The zero-order valence-corrected chi connectivity index (χ0v) is 27.1. The van der Waals surface area contributed by atoms with Crippen molar-refractivity contribution in [3.05, 3.63) is 82.2 Å². The molecule has 5 rings (SSSR count). The molecular formula is C36H49N5O3. The van der Waals surface area contributed by atoms with Crippen LogP contribution in [0.15, 0.2) is 48.8 Å². The number of likely N-dealkylation sites (tertiary alicyclic amines) is 1. The van der Waals surface area contributed by atoms with Crippen LogP contribution in [0, 0.1) is 20.8 Å². The van der Waals surface area contributed by atoms with Crippen molar-refractivity contribution in [3.8, 4) is 5.75 Å². The number of amides is 1. The summed E-state index contributed by atoms with van der Waals surface area (Å²) in [5.41, 5.74) is 14.7. The molecule has 2 aromatic carbocycles. The Hall–Kier alpha value is -3.62. The summed E-state index contributed by atoms with van der Waals surface area (Å²) in [6.45, 7) is 14.7. The molecule has 0 aliphatic carbocycles. The minimum Gasteiger partial charge on any atom is -0.497 e. The minimum absolute atomic E-state index is 0.340. The van der Waals surface area contributed by atoms with Crippen molar-refractivity contribution >= 4 is 17.3 Å². The second kappa shape index (κ2) is 14.4. The Morgan fingerprint density at radius 3 is 2.41 bits per heavy atom. The van der Waals surface area contributed by atoms with E-state index in [9.17, 15) is 4.79 Å². The van der Waals surface area contributed by atoms with Crippen molar-refractivity contribution < 1.29 is 14.3 Å². The molecule has 1 amide bonds. The molecule has 8 heteroatoms. The topological polar surface area (TPSA) is 84.2 Å². The third-order valence-electron chi connectivity index (χ3n) is 9.75. The SMILES string of the molecule is COc1ccc(N(Cc2cnccc2C)C2CCN([C@H](C)CCc3c(N4CCOCC4)cc(C)c(C(N)=O)c3C)CC2)cc1. The van der Waals surface area contributed by atoms with Crippen molar-refractivity contribution in [1.82, 2.24) is 9.88 Å². The first-order valence-electron chi connectivity index (χ1n) is 16.1. The average Bonchev–Trinajstić information content (AvgIpc) is 3.04. The van der Waals surface area contributed by atoms with Crippen LogP contribution < -0.4 is 20.3 Å². The van der Waals surface area contributed by atoms with Gasteiger partial charge >= 0.3 is 0 Å². The van der Waals surface area contributed by atoms with Gasteiger partial charge in [0, 0.05) is 74.1 Å². The van der Waals surface area contributed by atoms with Gasteiger partial charge < -0.3 is 29.9 Å². The van der Waals surface area contributed by atoms with Gasteiger partial charge in [-0.2, -0.15) is 0 Å². The number of aromatic nitrogens is 1. The highest BCUT2D eigenvalue weighted by Crippen LogP contribution is 2.33. The molecular weight excluding hydrogens is 550 g/mol. The van der Waals surface area contributed by atoms with Crippen LogP contribution >= 0.6 is 0 Å². The lowest BCUT2D eigenvalue weighted by atomic mass is 9.90. The number of benzene rings is 2. The fourth-order valence-corrected chi connectivity index (χ4v) is 7.01. The van der Waals surface area contributed by atoms with Crippen molar-refractivity contribution in [2.45, 2.75) is 72.0 Å². The highest BCUT2D eigenvalue weighted by atomic mass is 16.5. The number of nitrogens with two attached hydrogens (primary N) is 1. The Kier molecular flexibility index (Phi) is 10.4. The summed E-state index contributed by atoms with van der Waals surface area (Å²) >= 11 is 0. The summed E-state index contributed by atoms with van der Waals surface area (Å²) in [4.78, 5) is 24.4. The average molecular weight is 600 g/mol. The Morgan fingerprint density at radius 1 is 1.07 bits per heavy atom. The Balaban J connectivity index is 1.28. The zero-order chi connectivity index (χ0) is 31.2. The first kappa shape index (κ1) is 31.8. The number of carbonyl (C=O) groups excluding carboxylic acids is 1. The number of piperidine rings is 1. The largest absolute Gasteiger partial charge is 0.497 e. The van der Waals surface area contributed by atoms with Gasteiger partial charge in [-0.15, -0.1) is 0 Å². The van der Waals surface area contributed by atoms with E-state index in [0.29, 0.717) is 17.6 Å². The number of rotatable bonds is 11. The lowest BCUT2D eigenvalue weighted by Gasteiger charge is -2.42. The summed E-state index contributed by atoms with van der Waals surface area (Å²) in [7, 11) is 1.71. The summed E-state index contributed by atoms with van der Waals surface area (Å²) in [6.07, 6.45) is 8.02. The van der Waals surface area contributed by atoms with Crippen molar-refractivity contribution in [3.63, 3.8) is 0 Å². The van der Waals surface area contributed by atoms with Crippen molar-refractivity contribution in [1.29, 1.82) is 0 Å². The van der Waals surface area contributed by atoms with E-state index >= 15 is 0 Å². The van der Waals surface area contributed by atoms with E-state index in [1.54, 1.807) is 7.11 Å². The molecule has 2 aliphatic rings. The number of primary amides is 1. The van der Waals surface area contributed by atoms with E-state index < -0.39 is 0 Å². The quantitative estimate of drug-likeness (QED) is 0.314. The van der Waals surface area contributed by atoms with Crippen LogP contribution in [0.4, 0.5) is 11.4 Å². The van der Waals surface area contributed by atoms with Crippen LogP contribution in [0.25, 0.3) is 0 Å². The summed E-state index contributed by atoms with van der Waals surface area (Å²) in [5.74, 6) is 0.534. The summed E-state index contributed by atoms with van der Waals surface area (Å²) < 4.78 is 11.1. The number of carbonyl (C=O) groups is 1. The maximum atomic E-state index is 12.4. The van der Waals surface area contributed by atoms with Gasteiger partial charge in [0.05, 0.1) is 20.3 Å². The monoisotopic (exact) mass is 599 g/mol. The highest BCUT2D eigenvalue weighted by molar-refractivity contribution is 5.97. The van der Waals surface area contributed by atoms with E-state index in [4.69, 9.17) is 15.2 Å². The fraction of sp³-hybridized carbons (Fsp3) is 0.500. The number of hydrogen-bond acceptors (Lipinski definition) is 7. The molecule has 1 aromatic heterocycles. The number of methoxy groups -OCH3 is 1. The first-order chi connectivity index (χ1) is 21.3. The van der Waals surface area contributed by atoms with E-state index in [2.05, 4.69) is 76.9 Å². The molecule has 3 heterocycles. The molecule has 0 saturated carbocycles. The van der Waals surface area contributed by atoms with Gasteiger partial charge in [0.1, 0.15) is 5.75 Å². The molecule has 0 unspecified atom stereocenters. The van der Waals surface area contributed by atoms with Crippen molar-refractivity contribution in [2.75, 3.05) is 56.3 Å². The number of nitrogens with zero attached hydrogens (tertiary/aromatic N) is 4. The van der Waals surface area contributed by atoms with Gasteiger partial charge in [0.2, 0.25) is 5.91 Å². The summed E-state index contributed by atoms with van der Waals surface area (Å²) in [6, 6.07) is 13.6. The predicted molar refractivity (Wildman–Crippen MR) is 178 cm³/mol. The molecule has 8 nitrogen and oxygen atoms in total. The lowest BCUT2D eigenvalue weighted by molar-refractivity contribution is 0.0999. The zero-order valence-electron chi connectivity index (χ0n) is 27.1. The lowest BCUT2D eigenvalue weighted by Crippen LogP contribution is -2.47. The van der Waals surface area contributed by atoms with Crippen molar-refractivity contribution in [2.24, 2.45) is 5.73 Å². The van der Waals surface area contributed by atoms with Crippen LogP contribution in [0.3, 0.4) is 0 Å². The van der Waals surface area contributed by atoms with Crippen LogP contribution in [-0.2, 0) is 17.7 Å². The number of aryl methyl sites for hydroxylation is 2. The summed E-state index contributed by atoms with van der Waals surface area (Å²) in [5, 5.41) is 0. The molecule has 2 saturated heterocycles. The van der Waals surface area contributed by atoms with Gasteiger partial charge in [-0.25, -0.2) is 0 Å². The minimum atomic E-state index is -0.340. The van der Waals surface area contributed by atoms with Crippen LogP contribution in [0.1, 0.15) is 64.4 Å². The number of pyridine rings is 1. The van der Waals surface area contributed by atoms with Gasteiger partial charge in [0.15, 0.2) is 0 Å². The van der Waals surface area contributed by atoms with Gasteiger partial charge in [-0.3, -0.25) is 9.78 Å². The Labute approximate surface area is 263 Å². The molecule has 236 valence electrons. The van der Waals surface area contributed by atoms with Gasteiger partial charge in [-0.05, 0) is 118 Å². The third-order valence-corrected chi connectivity index (χ3v) is 9.75. The number of morpholine rings is 1. The Bertz CT molecular complexity index is 1410. The van der Waals surface area contributed by atoms with E-state index in [-0.39, 0.29) is 5.91 Å². The molecule has 2 aliphatic heterocycles. The number of ether oxygens (including phenoxy) is 2. The normalized spacial score (nSPS) is 17.0. The predicted octanol–water partition coefficient (Wildman–Crippen LogP) is 5.44. The maximum Gasteiger partial charge on any atom is 0.249 e. The van der Waals surface area contributed by atoms with E-state index in [1.165, 1.54) is 28.1 Å². The fourth-order valence-electron chi connectivity index (χ4n) is 7.01. The van der Waals surface area contributed by atoms with Crippen LogP contribution in [0.5, 0.6) is 5.75 Å². The molecule has 0 radical (unpaired) electrons. The maximum absolute atomic E-state index is 12.4. The van der Waals surface area contributed by atoms with Gasteiger partial charge in [0.25, 0.3) is 0 Å². The molecule has 2 fully saturated rings. The van der Waals surface area contributed by atoms with Gasteiger partial charge in [-0.1, -0.05) is 0 Å². The van der Waals surface area contributed by atoms with E-state index in [0.717, 1.165) is 88.5 Å². The first-order valence-corrected chi connectivity index (χ1v) is 16.1. The second-order valence-electron chi connectivity index (χ2n) is 12.4. The molecule has 44 heavy (non-hydrogen) atoms. The molecule has 3 aromatic rings. The highest BCUT2D eigenvalue weighted by Gasteiger charge is 2.29. The standard InChI is InChI=1S/C36H49N5O3/c1-25-12-15-38-23-29(25)24-41(30-7-9-32(43-5)10-8-30)31-13-16-39(17-14-31)27(3)6-11-33-28(4)35(36(37)42)26(2)22-34(33)40-18-20-44-21-19-40/h7-10,12,15,22-23,27,31H,6,11,13-14,16-21,24H2,1-5H3,(H2,37,42)/t27-/m1/s1. The molecule has 0 spiro atoms. The molecule has 0 bridgehead atoms. The van der Waals surface area contributed by atoms with E-state index in [1.807, 2.05) is 19.3 Å². The smallest absolute Gasteiger partial charge is 0.249 e. The van der Waals surface area contributed by atoms with Crippen LogP contribution in [-0.4, -0.2) is 74.4 Å². The Morgan fingerprint density at radius 2 is 1.77 bits per heavy atom. The number of anilines is 2.